The number of rotatable bonds is 3. The second-order valence-corrected chi connectivity index (χ2v) is 6.02. The van der Waals surface area contributed by atoms with Crippen molar-refractivity contribution in [2.45, 2.75) is 34.6 Å². The second kappa shape index (κ2) is 9.98. The summed E-state index contributed by atoms with van der Waals surface area (Å²) in [5.41, 5.74) is 2.65. The van der Waals surface area contributed by atoms with Gasteiger partial charge in [0, 0.05) is 44.0 Å². The van der Waals surface area contributed by atoms with Gasteiger partial charge in [0.1, 0.15) is 0 Å². The smallest absolute Gasteiger partial charge is 0.330 e. The molecule has 0 saturated carbocycles. The second-order valence-electron chi connectivity index (χ2n) is 6.02. The molecule has 0 aromatic carbocycles. The van der Waals surface area contributed by atoms with E-state index in [1.165, 1.54) is 12.1 Å². The maximum absolute atomic E-state index is 13.2. The molecule has 10 heteroatoms. The Morgan fingerprint density at radius 1 is 0.828 bits per heavy atom. The number of carbonyl (C=O) groups excluding carboxylic acids is 2. The standard InChI is InChI=1S/C19H17N5O3.2V/c1-10-6-8-15(12(3)20-10)17(25)24(19-23-22-14(5)27-19)18(26)16-9-7-11(2)21-13(16)4;;/h8-9H,1-5H3;;/q-2;;. The van der Waals surface area contributed by atoms with Crippen LogP contribution in [0.15, 0.2) is 16.5 Å². The summed E-state index contributed by atoms with van der Waals surface area (Å²) in [5.74, 6) is -1.04. The molecule has 0 aliphatic rings. The number of anilines is 1. The number of aryl methyl sites for hydroxylation is 5. The zero-order valence-corrected chi connectivity index (χ0v) is 19.3. The van der Waals surface area contributed by atoms with Crippen LogP contribution in [0.4, 0.5) is 6.01 Å². The molecule has 2 amide bonds. The van der Waals surface area contributed by atoms with Crippen LogP contribution in [-0.4, -0.2) is 32.0 Å². The molecule has 148 valence electrons. The Bertz CT molecular complexity index is 989. The number of aromatic nitrogens is 4. The predicted octanol–water partition coefficient (Wildman–Crippen LogP) is 2.48. The van der Waals surface area contributed by atoms with Crippen molar-refractivity contribution in [3.05, 3.63) is 64.1 Å². The minimum atomic E-state index is -0.634. The van der Waals surface area contributed by atoms with E-state index < -0.39 is 11.8 Å². The van der Waals surface area contributed by atoms with Gasteiger partial charge in [-0.05, 0) is 39.1 Å². The molecule has 8 nitrogen and oxygen atoms in total. The maximum atomic E-state index is 13.2. The summed E-state index contributed by atoms with van der Waals surface area (Å²) < 4.78 is 5.36. The van der Waals surface area contributed by atoms with Crippen LogP contribution in [0, 0.1) is 46.8 Å². The van der Waals surface area contributed by atoms with Crippen LogP contribution >= 0.6 is 0 Å². The summed E-state index contributed by atoms with van der Waals surface area (Å²) in [4.78, 5) is 35.6. The summed E-state index contributed by atoms with van der Waals surface area (Å²) in [5, 5.41) is 7.56. The number of nitrogens with zero attached hydrogens (tertiary/aromatic N) is 5. The fourth-order valence-electron chi connectivity index (χ4n) is 2.57. The van der Waals surface area contributed by atoms with E-state index in [-0.39, 0.29) is 60.1 Å². The van der Waals surface area contributed by atoms with Crippen molar-refractivity contribution in [1.29, 1.82) is 0 Å². The van der Waals surface area contributed by atoms with Crippen LogP contribution in [-0.2, 0) is 37.1 Å². The molecule has 0 aliphatic carbocycles. The van der Waals surface area contributed by atoms with E-state index >= 15 is 0 Å². The van der Waals surface area contributed by atoms with Gasteiger partial charge in [-0.1, -0.05) is 27.6 Å². The first-order valence-electron chi connectivity index (χ1n) is 8.18. The summed E-state index contributed by atoms with van der Waals surface area (Å²) in [6.45, 7) is 8.47. The zero-order chi connectivity index (χ0) is 19.7. The van der Waals surface area contributed by atoms with Gasteiger partial charge in [0.25, 0.3) is 0 Å². The third-order valence-electron chi connectivity index (χ3n) is 3.87. The van der Waals surface area contributed by atoms with E-state index in [9.17, 15) is 9.59 Å². The number of hydrogen-bond acceptors (Lipinski definition) is 7. The molecule has 0 fully saturated rings. The maximum Gasteiger partial charge on any atom is 0.330 e. The normalized spacial score (nSPS) is 9.97. The largest absolute Gasteiger partial charge is 0.408 e. The van der Waals surface area contributed by atoms with Gasteiger partial charge in [-0.2, -0.15) is 0 Å². The molecule has 3 rings (SSSR count). The fraction of sp³-hybridized carbons (Fsp3) is 0.263. The molecule has 3 aromatic rings. The van der Waals surface area contributed by atoms with Crippen molar-refractivity contribution in [2.75, 3.05) is 4.90 Å². The molecule has 29 heavy (non-hydrogen) atoms. The Morgan fingerprint density at radius 3 is 1.62 bits per heavy atom. The molecule has 0 unspecified atom stereocenters. The number of amides is 2. The van der Waals surface area contributed by atoms with Gasteiger partial charge >= 0.3 is 6.01 Å². The van der Waals surface area contributed by atoms with Crippen molar-refractivity contribution in [2.24, 2.45) is 0 Å². The van der Waals surface area contributed by atoms with Crippen molar-refractivity contribution in [1.82, 2.24) is 20.2 Å². The molecule has 2 radical (unpaired) electrons. The quantitative estimate of drug-likeness (QED) is 0.433. The van der Waals surface area contributed by atoms with E-state index in [2.05, 4.69) is 32.3 Å². The van der Waals surface area contributed by atoms with E-state index in [1.54, 1.807) is 34.6 Å². The average Bonchev–Trinajstić information content (AvgIpc) is 3.00. The van der Waals surface area contributed by atoms with Gasteiger partial charge in [0.15, 0.2) is 11.8 Å². The SMILES string of the molecule is Cc1[c-]cc(C(=O)N(C(=O)c2c[c-]c(C)nc2C)c2nnc(C)o2)c(C)n1.[V].[V]. The van der Waals surface area contributed by atoms with Gasteiger partial charge in [-0.25, -0.2) is 29.2 Å². The summed E-state index contributed by atoms with van der Waals surface area (Å²) in [7, 11) is 0. The van der Waals surface area contributed by atoms with Crippen LogP contribution in [0.1, 0.15) is 49.4 Å². The van der Waals surface area contributed by atoms with Gasteiger partial charge in [-0.15, -0.1) is 5.10 Å². The van der Waals surface area contributed by atoms with Crippen molar-refractivity contribution in [3.8, 4) is 0 Å². The van der Waals surface area contributed by atoms with E-state index in [1.807, 2.05) is 0 Å². The van der Waals surface area contributed by atoms with Crippen LogP contribution in [0.5, 0.6) is 0 Å². The monoisotopic (exact) mass is 465 g/mol. The predicted molar refractivity (Wildman–Crippen MR) is 95.3 cm³/mol. The summed E-state index contributed by atoms with van der Waals surface area (Å²) in [6.07, 6.45) is 0. The summed E-state index contributed by atoms with van der Waals surface area (Å²) >= 11 is 0. The number of carbonyl (C=O) groups is 2. The summed E-state index contributed by atoms with van der Waals surface area (Å²) in [6, 6.07) is 8.52. The van der Waals surface area contributed by atoms with Crippen molar-refractivity contribution >= 4 is 17.8 Å². The molecular weight excluding hydrogens is 448 g/mol. The molecule has 0 bridgehead atoms. The Morgan fingerprint density at radius 2 is 1.28 bits per heavy atom. The molecule has 3 aromatic heterocycles. The minimum Gasteiger partial charge on any atom is -0.408 e. The minimum absolute atomic E-state index is 0. The third-order valence-corrected chi connectivity index (χ3v) is 3.87. The molecule has 3 heterocycles. The first kappa shape index (κ1) is 24.8. The molecule has 0 atom stereocenters. The first-order chi connectivity index (χ1) is 12.8. The zero-order valence-electron chi connectivity index (χ0n) is 16.5. The fourth-order valence-corrected chi connectivity index (χ4v) is 2.57. The van der Waals surface area contributed by atoms with E-state index in [0.717, 1.165) is 4.90 Å². The number of imide groups is 1. The number of hydrogen-bond donors (Lipinski definition) is 0. The van der Waals surface area contributed by atoms with Crippen LogP contribution in [0.25, 0.3) is 0 Å². The number of pyridine rings is 2. The van der Waals surface area contributed by atoms with Crippen LogP contribution in [0.3, 0.4) is 0 Å². The van der Waals surface area contributed by atoms with E-state index in [0.29, 0.717) is 22.8 Å². The van der Waals surface area contributed by atoms with Gasteiger partial charge in [0.05, 0.1) is 0 Å². The topological polar surface area (TPSA) is 102 Å². The Hall–Kier alpha value is -2.25. The van der Waals surface area contributed by atoms with Gasteiger partial charge < -0.3 is 4.42 Å². The average molecular weight is 465 g/mol. The Balaban J connectivity index is 0.00000210. The van der Waals surface area contributed by atoms with Crippen LogP contribution < -0.4 is 4.90 Å². The van der Waals surface area contributed by atoms with Gasteiger partial charge in [-0.3, -0.25) is 19.6 Å². The molecule has 0 aliphatic heterocycles. The van der Waals surface area contributed by atoms with Crippen molar-refractivity contribution < 1.29 is 51.1 Å². The molecule has 0 spiro atoms. The van der Waals surface area contributed by atoms with Crippen LogP contribution in [0.2, 0.25) is 0 Å². The van der Waals surface area contributed by atoms with Gasteiger partial charge in [0.2, 0.25) is 5.89 Å². The molecule has 0 N–H and O–H groups in total. The Kier molecular flexibility index (Phi) is 8.53. The molecular formula is C19H17N5O3V2-2. The first-order valence-corrected chi connectivity index (χ1v) is 8.18. The van der Waals surface area contributed by atoms with E-state index in [4.69, 9.17) is 4.42 Å². The third kappa shape index (κ3) is 5.22. The van der Waals surface area contributed by atoms with Crippen molar-refractivity contribution in [3.63, 3.8) is 0 Å². The Labute approximate surface area is 192 Å². The molecule has 0 saturated heterocycles.